The molecule has 126 valence electrons. The van der Waals surface area contributed by atoms with Crippen LogP contribution in [0, 0.1) is 0 Å². The molecule has 3 rings (SSSR count). The maximum atomic E-state index is 12.6. The van der Waals surface area contributed by atoms with Crippen molar-refractivity contribution in [3.05, 3.63) is 34.1 Å². The summed E-state index contributed by atoms with van der Waals surface area (Å²) in [5.41, 5.74) is 0.853. The third kappa shape index (κ3) is 3.03. The fraction of sp³-hybridized carbons (Fsp3) is 0.400. The number of carbonyl (C=O) groups is 2. The Kier molecular flexibility index (Phi) is 4.61. The smallest absolute Gasteiger partial charge is 0.275 e. The van der Waals surface area contributed by atoms with Crippen LogP contribution in [0.3, 0.4) is 0 Å². The summed E-state index contributed by atoms with van der Waals surface area (Å²) in [5, 5.41) is 9.25. The number of carbonyl (C=O) groups excluding carboxylic acids is 2. The zero-order valence-corrected chi connectivity index (χ0v) is 14.9. The normalized spacial score (nSPS) is 14.1. The summed E-state index contributed by atoms with van der Waals surface area (Å²) in [4.78, 5) is 33.2. The number of aryl methyl sites for hydroxylation is 1. The molecule has 0 radical (unpaired) electrons. The van der Waals surface area contributed by atoms with E-state index in [2.05, 4.69) is 41.6 Å². The van der Waals surface area contributed by atoms with Crippen LogP contribution < -0.4 is 10.6 Å². The van der Waals surface area contributed by atoms with E-state index < -0.39 is 5.91 Å². The molecule has 8 nitrogen and oxygen atoms in total. The Balaban J connectivity index is 1.87. The Morgan fingerprint density at radius 1 is 1.29 bits per heavy atom. The molecule has 1 saturated carbocycles. The summed E-state index contributed by atoms with van der Waals surface area (Å²) >= 11 is 3.31. The predicted molar refractivity (Wildman–Crippen MR) is 90.9 cm³/mol. The summed E-state index contributed by atoms with van der Waals surface area (Å²) in [6.07, 6.45) is 6.29. The summed E-state index contributed by atoms with van der Waals surface area (Å²) < 4.78 is 1.91. The third-order valence-corrected chi connectivity index (χ3v) is 4.66. The minimum Gasteiger partial charge on any atom is -0.354 e. The SMILES string of the molecule is CNC(=O)c1c(NC(=O)c2nc(C3CCC3)ncc2Br)cnn1C. The molecule has 0 unspecified atom stereocenters. The van der Waals surface area contributed by atoms with Gasteiger partial charge in [-0.25, -0.2) is 9.97 Å². The molecule has 0 aromatic carbocycles. The van der Waals surface area contributed by atoms with Crippen LogP contribution in [0.1, 0.15) is 52.0 Å². The van der Waals surface area contributed by atoms with E-state index >= 15 is 0 Å². The average molecular weight is 393 g/mol. The highest BCUT2D eigenvalue weighted by atomic mass is 79.9. The molecule has 0 atom stereocenters. The van der Waals surface area contributed by atoms with Crippen LogP contribution in [-0.4, -0.2) is 38.6 Å². The van der Waals surface area contributed by atoms with Gasteiger partial charge in [0.05, 0.1) is 16.4 Å². The number of amides is 2. The largest absolute Gasteiger partial charge is 0.354 e. The van der Waals surface area contributed by atoms with Gasteiger partial charge in [0.1, 0.15) is 17.2 Å². The van der Waals surface area contributed by atoms with Crippen molar-refractivity contribution in [2.24, 2.45) is 7.05 Å². The van der Waals surface area contributed by atoms with Crippen molar-refractivity contribution >= 4 is 33.4 Å². The van der Waals surface area contributed by atoms with Crippen molar-refractivity contribution in [3.8, 4) is 0 Å². The summed E-state index contributed by atoms with van der Waals surface area (Å²) in [5.74, 6) is 0.266. The van der Waals surface area contributed by atoms with Crippen molar-refractivity contribution in [3.63, 3.8) is 0 Å². The first-order chi connectivity index (χ1) is 11.5. The van der Waals surface area contributed by atoms with Crippen LogP contribution in [0.4, 0.5) is 5.69 Å². The van der Waals surface area contributed by atoms with Gasteiger partial charge in [0.15, 0.2) is 0 Å². The zero-order valence-electron chi connectivity index (χ0n) is 13.3. The molecule has 0 aliphatic heterocycles. The van der Waals surface area contributed by atoms with Crippen LogP contribution in [0.25, 0.3) is 0 Å². The monoisotopic (exact) mass is 392 g/mol. The van der Waals surface area contributed by atoms with Gasteiger partial charge in [0.25, 0.3) is 11.8 Å². The molecule has 1 aliphatic carbocycles. The number of nitrogens with zero attached hydrogens (tertiary/aromatic N) is 4. The van der Waals surface area contributed by atoms with E-state index in [-0.39, 0.29) is 17.3 Å². The number of hydrogen-bond donors (Lipinski definition) is 2. The van der Waals surface area contributed by atoms with Gasteiger partial charge < -0.3 is 10.6 Å². The van der Waals surface area contributed by atoms with Gasteiger partial charge in [0.2, 0.25) is 0 Å². The van der Waals surface area contributed by atoms with Crippen molar-refractivity contribution < 1.29 is 9.59 Å². The van der Waals surface area contributed by atoms with Crippen LogP contribution in [0.15, 0.2) is 16.9 Å². The molecular formula is C15H17BrN6O2. The Labute approximate surface area is 147 Å². The minimum absolute atomic E-state index is 0.249. The fourth-order valence-corrected chi connectivity index (χ4v) is 2.87. The highest BCUT2D eigenvalue weighted by molar-refractivity contribution is 9.10. The van der Waals surface area contributed by atoms with Gasteiger partial charge in [0, 0.05) is 26.2 Å². The second-order valence-corrected chi connectivity index (χ2v) is 6.47. The number of nitrogens with one attached hydrogen (secondary N) is 2. The molecule has 0 saturated heterocycles. The second kappa shape index (κ2) is 6.68. The van der Waals surface area contributed by atoms with Gasteiger partial charge in [-0.1, -0.05) is 6.42 Å². The molecule has 1 fully saturated rings. The van der Waals surface area contributed by atoms with E-state index in [1.807, 2.05) is 0 Å². The first kappa shape index (κ1) is 16.6. The Bertz CT molecular complexity index is 799. The molecule has 9 heteroatoms. The second-order valence-electron chi connectivity index (χ2n) is 5.62. The van der Waals surface area contributed by atoms with Gasteiger partial charge >= 0.3 is 0 Å². The molecule has 24 heavy (non-hydrogen) atoms. The number of anilines is 1. The van der Waals surface area contributed by atoms with Crippen molar-refractivity contribution in [1.82, 2.24) is 25.1 Å². The van der Waals surface area contributed by atoms with E-state index in [4.69, 9.17) is 0 Å². The Morgan fingerprint density at radius 3 is 2.67 bits per heavy atom. The maximum Gasteiger partial charge on any atom is 0.275 e. The number of hydrogen-bond acceptors (Lipinski definition) is 5. The number of rotatable bonds is 4. The summed E-state index contributed by atoms with van der Waals surface area (Å²) in [6, 6.07) is 0. The zero-order chi connectivity index (χ0) is 17.3. The first-order valence-electron chi connectivity index (χ1n) is 7.59. The quantitative estimate of drug-likeness (QED) is 0.826. The summed E-state index contributed by atoms with van der Waals surface area (Å²) in [6.45, 7) is 0. The predicted octanol–water partition coefficient (Wildman–Crippen LogP) is 1.85. The van der Waals surface area contributed by atoms with Gasteiger partial charge in [-0.2, -0.15) is 5.10 Å². The highest BCUT2D eigenvalue weighted by Gasteiger charge is 2.25. The molecule has 1 aliphatic rings. The van der Waals surface area contributed by atoms with Crippen molar-refractivity contribution in [2.75, 3.05) is 12.4 Å². The highest BCUT2D eigenvalue weighted by Crippen LogP contribution is 2.34. The van der Waals surface area contributed by atoms with Crippen molar-refractivity contribution in [2.45, 2.75) is 25.2 Å². The summed E-state index contributed by atoms with van der Waals surface area (Å²) in [7, 11) is 3.16. The lowest BCUT2D eigenvalue weighted by Gasteiger charge is -2.23. The van der Waals surface area contributed by atoms with Crippen molar-refractivity contribution in [1.29, 1.82) is 0 Å². The molecule has 2 heterocycles. The Hall–Kier alpha value is -2.29. The number of aromatic nitrogens is 4. The number of halogens is 1. The molecule has 2 N–H and O–H groups in total. The lowest BCUT2D eigenvalue weighted by molar-refractivity contribution is 0.0954. The fourth-order valence-electron chi connectivity index (χ4n) is 2.50. The van der Waals surface area contributed by atoms with Crippen LogP contribution in [0.5, 0.6) is 0 Å². The van der Waals surface area contributed by atoms with Gasteiger partial charge in [-0.15, -0.1) is 0 Å². The average Bonchev–Trinajstić information content (AvgIpc) is 2.87. The molecular weight excluding hydrogens is 376 g/mol. The van der Waals surface area contributed by atoms with E-state index in [0.717, 1.165) is 19.3 Å². The molecule has 2 aromatic rings. The minimum atomic E-state index is -0.414. The van der Waals surface area contributed by atoms with E-state index in [0.29, 0.717) is 21.9 Å². The van der Waals surface area contributed by atoms with Crippen LogP contribution in [-0.2, 0) is 7.05 Å². The lowest BCUT2D eigenvalue weighted by atomic mass is 9.85. The van der Waals surface area contributed by atoms with Crippen LogP contribution in [0.2, 0.25) is 0 Å². The lowest BCUT2D eigenvalue weighted by Crippen LogP contribution is -2.24. The van der Waals surface area contributed by atoms with E-state index in [9.17, 15) is 9.59 Å². The molecule has 2 amide bonds. The third-order valence-electron chi connectivity index (χ3n) is 4.08. The first-order valence-corrected chi connectivity index (χ1v) is 8.38. The molecule has 0 bridgehead atoms. The Morgan fingerprint density at radius 2 is 2.04 bits per heavy atom. The molecule has 2 aromatic heterocycles. The topological polar surface area (TPSA) is 102 Å². The van der Waals surface area contributed by atoms with Crippen LogP contribution >= 0.6 is 15.9 Å². The standard InChI is InChI=1S/C15H17BrN6O2/c1-17-15(24)12-10(7-19-22(12)2)20-14(23)11-9(16)6-18-13(21-11)8-4-3-5-8/h6-8H,3-5H2,1-2H3,(H,17,24)(H,20,23). The van der Waals surface area contributed by atoms with E-state index in [1.54, 1.807) is 13.2 Å². The van der Waals surface area contributed by atoms with E-state index in [1.165, 1.54) is 17.9 Å². The molecule has 0 spiro atoms. The van der Waals surface area contributed by atoms with Gasteiger partial charge in [-0.05, 0) is 28.8 Å². The van der Waals surface area contributed by atoms with Gasteiger partial charge in [-0.3, -0.25) is 14.3 Å². The maximum absolute atomic E-state index is 12.6.